The fraction of sp³-hybridized carbons (Fsp3) is 0.400. The molecule has 0 saturated carbocycles. The minimum atomic E-state index is 1.15. The predicted octanol–water partition coefficient (Wildman–Crippen LogP) is 12.2. The van der Waals surface area contributed by atoms with Crippen molar-refractivity contribution in [2.24, 2.45) is 0 Å². The lowest BCUT2D eigenvalue weighted by Crippen LogP contribution is -2.12. The fourth-order valence-corrected chi connectivity index (χ4v) is 5.81. The largest absolute Gasteiger partial charge is 0.310 e. The van der Waals surface area contributed by atoms with Gasteiger partial charge in [0.05, 0.1) is 0 Å². The average molecular weight is 546 g/mol. The molecule has 0 unspecified atom stereocenters. The Balaban J connectivity index is 1.81. The van der Waals surface area contributed by atoms with E-state index in [0.717, 1.165) is 12.8 Å². The molecule has 0 fully saturated rings. The van der Waals surface area contributed by atoms with E-state index >= 15 is 0 Å². The van der Waals surface area contributed by atoms with E-state index in [1.807, 2.05) is 0 Å². The lowest BCUT2D eigenvalue weighted by Gasteiger charge is -2.28. The van der Waals surface area contributed by atoms with Crippen molar-refractivity contribution >= 4 is 17.1 Å². The summed E-state index contributed by atoms with van der Waals surface area (Å²) in [6, 6.07) is 34.4. The lowest BCUT2D eigenvalue weighted by molar-refractivity contribution is 0.757. The van der Waals surface area contributed by atoms with Crippen LogP contribution in [-0.4, -0.2) is 0 Å². The molecule has 0 spiro atoms. The molecular formula is C40H51N. The molecule has 4 aromatic carbocycles. The molecule has 0 radical (unpaired) electrons. The molecule has 0 heterocycles. The molecule has 0 saturated heterocycles. The predicted molar refractivity (Wildman–Crippen MR) is 181 cm³/mol. The van der Waals surface area contributed by atoms with Crippen molar-refractivity contribution in [2.45, 2.75) is 105 Å². The van der Waals surface area contributed by atoms with Crippen LogP contribution < -0.4 is 4.90 Å². The van der Waals surface area contributed by atoms with Gasteiger partial charge in [-0.3, -0.25) is 0 Å². The van der Waals surface area contributed by atoms with E-state index in [2.05, 4.69) is 124 Å². The first-order valence-electron chi connectivity index (χ1n) is 16.4. The van der Waals surface area contributed by atoms with Crippen LogP contribution in [-0.2, 0) is 25.7 Å². The van der Waals surface area contributed by atoms with E-state index in [-0.39, 0.29) is 0 Å². The van der Waals surface area contributed by atoms with Gasteiger partial charge in [0.15, 0.2) is 0 Å². The van der Waals surface area contributed by atoms with Crippen molar-refractivity contribution in [3.8, 4) is 11.1 Å². The van der Waals surface area contributed by atoms with E-state index in [0.29, 0.717) is 0 Å². The second-order valence-corrected chi connectivity index (χ2v) is 11.6. The summed E-state index contributed by atoms with van der Waals surface area (Å²) in [5.74, 6) is 0. The van der Waals surface area contributed by atoms with E-state index in [1.54, 1.807) is 0 Å². The second kappa shape index (κ2) is 16.2. The molecule has 216 valence electrons. The smallest absolute Gasteiger partial charge is 0.0464 e. The van der Waals surface area contributed by atoms with Crippen LogP contribution in [0, 0.1) is 0 Å². The van der Waals surface area contributed by atoms with Crippen LogP contribution in [0.25, 0.3) is 11.1 Å². The molecule has 0 atom stereocenters. The highest BCUT2D eigenvalue weighted by Gasteiger charge is 2.17. The maximum Gasteiger partial charge on any atom is 0.0464 e. The summed E-state index contributed by atoms with van der Waals surface area (Å²) >= 11 is 0. The molecule has 0 aliphatic carbocycles. The third-order valence-corrected chi connectivity index (χ3v) is 8.33. The average Bonchev–Trinajstić information content (AvgIpc) is 3.02. The summed E-state index contributed by atoms with van der Waals surface area (Å²) in [4.78, 5) is 2.49. The van der Waals surface area contributed by atoms with Crippen LogP contribution in [0.5, 0.6) is 0 Å². The molecule has 0 bridgehead atoms. The number of aryl methyl sites for hydroxylation is 4. The van der Waals surface area contributed by atoms with E-state index in [9.17, 15) is 0 Å². The molecular weight excluding hydrogens is 494 g/mol. The summed E-state index contributed by atoms with van der Waals surface area (Å²) in [6.45, 7) is 9.19. The van der Waals surface area contributed by atoms with Crippen LogP contribution in [0.2, 0.25) is 0 Å². The number of rotatable bonds is 16. The van der Waals surface area contributed by atoms with Crippen LogP contribution >= 0.6 is 0 Å². The van der Waals surface area contributed by atoms with Crippen molar-refractivity contribution < 1.29 is 0 Å². The molecule has 41 heavy (non-hydrogen) atoms. The van der Waals surface area contributed by atoms with Gasteiger partial charge in [0.2, 0.25) is 0 Å². The SMILES string of the molecule is CCCCc1ccc(N(c2ccc(-c3ccccc3)cc2)c2ccc(CCCC)c(CCCC)c2)cc1CCCC. The minimum Gasteiger partial charge on any atom is -0.310 e. The maximum atomic E-state index is 2.49. The Kier molecular flexibility index (Phi) is 12.1. The van der Waals surface area contributed by atoms with Crippen molar-refractivity contribution in [2.75, 3.05) is 4.90 Å². The van der Waals surface area contributed by atoms with Crippen molar-refractivity contribution in [3.63, 3.8) is 0 Å². The van der Waals surface area contributed by atoms with Gasteiger partial charge in [0.25, 0.3) is 0 Å². The Morgan fingerprint density at radius 1 is 0.390 bits per heavy atom. The fourth-order valence-electron chi connectivity index (χ4n) is 5.81. The first-order valence-corrected chi connectivity index (χ1v) is 16.4. The van der Waals surface area contributed by atoms with Gasteiger partial charge < -0.3 is 4.90 Å². The van der Waals surface area contributed by atoms with E-state index in [1.165, 1.54) is 115 Å². The zero-order valence-electron chi connectivity index (χ0n) is 26.1. The number of unbranched alkanes of at least 4 members (excludes halogenated alkanes) is 4. The van der Waals surface area contributed by atoms with Gasteiger partial charge in [-0.15, -0.1) is 0 Å². The summed E-state index contributed by atoms with van der Waals surface area (Å²) in [5, 5.41) is 0. The number of hydrogen-bond acceptors (Lipinski definition) is 1. The van der Waals surface area contributed by atoms with Gasteiger partial charge >= 0.3 is 0 Å². The molecule has 4 aromatic rings. The highest BCUT2D eigenvalue weighted by atomic mass is 15.1. The zero-order valence-corrected chi connectivity index (χ0v) is 26.1. The van der Waals surface area contributed by atoms with Gasteiger partial charge in [0, 0.05) is 17.1 Å². The van der Waals surface area contributed by atoms with Gasteiger partial charge in [-0.2, -0.15) is 0 Å². The van der Waals surface area contributed by atoms with Crippen molar-refractivity contribution in [1.29, 1.82) is 0 Å². The number of anilines is 3. The molecule has 0 aliphatic heterocycles. The molecule has 4 rings (SSSR count). The Labute approximate surface area is 250 Å². The summed E-state index contributed by atoms with van der Waals surface area (Å²) in [6.07, 6.45) is 14.6. The van der Waals surface area contributed by atoms with Gasteiger partial charge in [-0.1, -0.05) is 108 Å². The number of benzene rings is 4. The summed E-state index contributed by atoms with van der Waals surface area (Å²) < 4.78 is 0. The third-order valence-electron chi connectivity index (χ3n) is 8.33. The molecule has 0 amide bonds. The van der Waals surface area contributed by atoms with Crippen LogP contribution in [0.1, 0.15) is 101 Å². The molecule has 1 heteroatoms. The van der Waals surface area contributed by atoms with Gasteiger partial charge in [-0.25, -0.2) is 0 Å². The molecule has 0 N–H and O–H groups in total. The maximum absolute atomic E-state index is 2.49. The van der Waals surface area contributed by atoms with Crippen LogP contribution in [0.3, 0.4) is 0 Å². The summed E-state index contributed by atoms with van der Waals surface area (Å²) in [5.41, 5.74) is 12.4. The molecule has 1 nitrogen and oxygen atoms in total. The minimum absolute atomic E-state index is 1.15. The normalized spacial score (nSPS) is 11.1. The summed E-state index contributed by atoms with van der Waals surface area (Å²) in [7, 11) is 0. The van der Waals surface area contributed by atoms with E-state index < -0.39 is 0 Å². The number of hydrogen-bond donors (Lipinski definition) is 0. The Morgan fingerprint density at radius 3 is 1.22 bits per heavy atom. The Morgan fingerprint density at radius 2 is 0.780 bits per heavy atom. The highest BCUT2D eigenvalue weighted by molar-refractivity contribution is 5.79. The molecule has 0 aliphatic rings. The Bertz CT molecular complexity index is 1260. The second-order valence-electron chi connectivity index (χ2n) is 11.6. The first-order chi connectivity index (χ1) is 20.2. The van der Waals surface area contributed by atoms with E-state index in [4.69, 9.17) is 0 Å². The van der Waals surface area contributed by atoms with Crippen molar-refractivity contribution in [1.82, 2.24) is 0 Å². The quantitative estimate of drug-likeness (QED) is 0.135. The molecule has 0 aromatic heterocycles. The number of nitrogens with zero attached hydrogens (tertiary/aromatic N) is 1. The first kappa shape index (κ1) is 30.6. The van der Waals surface area contributed by atoms with Crippen LogP contribution in [0.4, 0.5) is 17.1 Å². The van der Waals surface area contributed by atoms with Gasteiger partial charge in [-0.05, 0) is 121 Å². The van der Waals surface area contributed by atoms with Crippen molar-refractivity contribution in [3.05, 3.63) is 113 Å². The topological polar surface area (TPSA) is 3.24 Å². The highest BCUT2D eigenvalue weighted by Crippen LogP contribution is 2.38. The van der Waals surface area contributed by atoms with Gasteiger partial charge in [0.1, 0.15) is 0 Å². The standard InChI is InChI=1S/C40H51N/c1-5-9-16-33-24-28-39(30-36(33)18-11-7-3)41(38-26-22-35(23-27-38)32-20-14-13-15-21-32)40-29-25-34(17-10-6-2)37(31-40)19-12-8-4/h13-15,20-31H,5-12,16-19H2,1-4H3. The monoisotopic (exact) mass is 545 g/mol. The third kappa shape index (κ3) is 8.35. The lowest BCUT2D eigenvalue weighted by atomic mass is 9.95. The van der Waals surface area contributed by atoms with Crippen LogP contribution in [0.15, 0.2) is 91.0 Å². The Hall–Kier alpha value is -3.32. The zero-order chi connectivity index (χ0) is 28.9.